The van der Waals surface area contributed by atoms with Crippen molar-refractivity contribution < 1.29 is 9.35 Å². The lowest BCUT2D eigenvalue weighted by Crippen LogP contribution is -2.48. The zero-order valence-corrected chi connectivity index (χ0v) is 16.1. The molecule has 3 rings (SSSR count). The van der Waals surface area contributed by atoms with Crippen molar-refractivity contribution in [1.29, 1.82) is 0 Å². The third-order valence-electron chi connectivity index (χ3n) is 4.80. The molecule has 0 spiro atoms. The summed E-state index contributed by atoms with van der Waals surface area (Å²) in [5, 5.41) is 12.0. The van der Waals surface area contributed by atoms with Gasteiger partial charge in [0, 0.05) is 54.8 Å². The van der Waals surface area contributed by atoms with Crippen molar-refractivity contribution in [3.05, 3.63) is 18.5 Å². The molecule has 3 heterocycles. The number of carbonyl (C=O) groups is 1. The second-order valence-electron chi connectivity index (χ2n) is 6.64. The van der Waals surface area contributed by atoms with Crippen LogP contribution in [0.3, 0.4) is 0 Å². The Balaban J connectivity index is 1.59. The maximum Gasteiger partial charge on any atom is 0.322 e. The Morgan fingerprint density at radius 2 is 2.16 bits per heavy atom. The van der Waals surface area contributed by atoms with Crippen molar-refractivity contribution in [1.82, 2.24) is 24.3 Å². The fraction of sp³-hybridized carbons (Fsp3) is 0.600. The molecule has 1 fully saturated rings. The van der Waals surface area contributed by atoms with Gasteiger partial charge in [-0.2, -0.15) is 5.10 Å². The van der Waals surface area contributed by atoms with Gasteiger partial charge in [-0.15, -0.1) is 5.10 Å². The van der Waals surface area contributed by atoms with Gasteiger partial charge in [0.15, 0.2) is 0 Å². The standard InChI is InChI=1S/C15H22N6O2S2/c1-15(2,25(23)13-4-7-17-20(13)3)11-5-8-21(9-6-11)14(22)18-12-10-16-19-24-12/h4,7,10-11H,5-6,8-9H2,1-3H3,(H,18,22). The van der Waals surface area contributed by atoms with Crippen LogP contribution in [-0.2, 0) is 18.2 Å². The Labute approximate surface area is 153 Å². The number of hydrogen-bond acceptors (Lipinski definition) is 6. The highest BCUT2D eigenvalue weighted by Crippen LogP contribution is 2.37. The zero-order chi connectivity index (χ0) is 18.0. The molecule has 2 aromatic heterocycles. The molecule has 8 nitrogen and oxygen atoms in total. The predicted octanol–water partition coefficient (Wildman–Crippen LogP) is 2.10. The second-order valence-corrected chi connectivity index (χ2v) is 9.43. The summed E-state index contributed by atoms with van der Waals surface area (Å²) in [5.74, 6) is 0.275. The lowest BCUT2D eigenvalue weighted by Gasteiger charge is -2.40. The van der Waals surface area contributed by atoms with Gasteiger partial charge in [-0.25, -0.2) is 9.48 Å². The van der Waals surface area contributed by atoms with Crippen LogP contribution in [0.5, 0.6) is 0 Å². The third-order valence-corrected chi connectivity index (χ3v) is 7.45. The summed E-state index contributed by atoms with van der Waals surface area (Å²) in [6.45, 7) is 5.38. The quantitative estimate of drug-likeness (QED) is 0.817. The van der Waals surface area contributed by atoms with Crippen molar-refractivity contribution in [2.45, 2.75) is 36.5 Å². The van der Waals surface area contributed by atoms with E-state index in [2.05, 4.69) is 20.0 Å². The molecule has 25 heavy (non-hydrogen) atoms. The Morgan fingerprint density at radius 1 is 1.44 bits per heavy atom. The van der Waals surface area contributed by atoms with Gasteiger partial charge in [0.25, 0.3) is 0 Å². The van der Waals surface area contributed by atoms with Gasteiger partial charge in [-0.05, 0) is 26.7 Å². The summed E-state index contributed by atoms with van der Waals surface area (Å²) in [4.78, 5) is 14.1. The van der Waals surface area contributed by atoms with E-state index in [1.54, 1.807) is 15.8 Å². The maximum atomic E-state index is 13.0. The third kappa shape index (κ3) is 3.80. The van der Waals surface area contributed by atoms with E-state index in [9.17, 15) is 9.35 Å². The highest BCUT2D eigenvalue weighted by atomic mass is 32.2. The average Bonchev–Trinajstić information content (AvgIpc) is 3.25. The normalized spacial score (nSPS) is 17.5. The van der Waals surface area contributed by atoms with Crippen LogP contribution in [-0.4, -0.2) is 52.7 Å². The van der Waals surface area contributed by atoms with Gasteiger partial charge in [-0.3, -0.25) is 5.32 Å². The Bertz CT molecular complexity index is 709. The minimum Gasteiger partial charge on any atom is -0.610 e. The van der Waals surface area contributed by atoms with Crippen molar-refractivity contribution in [2.24, 2.45) is 13.0 Å². The lowest BCUT2D eigenvalue weighted by molar-refractivity contribution is 0.171. The SMILES string of the molecule is Cn1nccc1[S+]([O-])C(C)(C)C1CCN(C(=O)Nc2cnns2)CC1. The molecule has 2 amide bonds. The van der Waals surface area contributed by atoms with Gasteiger partial charge >= 0.3 is 6.03 Å². The molecule has 0 saturated carbocycles. The molecule has 0 aliphatic carbocycles. The van der Waals surface area contributed by atoms with E-state index in [0.717, 1.165) is 29.4 Å². The summed E-state index contributed by atoms with van der Waals surface area (Å²) in [6.07, 6.45) is 4.86. The first-order chi connectivity index (χ1) is 11.9. The fourth-order valence-corrected chi connectivity index (χ4v) is 5.11. The molecular weight excluding hydrogens is 360 g/mol. The summed E-state index contributed by atoms with van der Waals surface area (Å²) in [7, 11) is 1.81. The first-order valence-electron chi connectivity index (χ1n) is 8.12. The number of nitrogens with one attached hydrogen (secondary N) is 1. The average molecular weight is 383 g/mol. The molecular formula is C15H22N6O2S2. The number of nitrogens with zero attached hydrogens (tertiary/aromatic N) is 5. The summed E-state index contributed by atoms with van der Waals surface area (Å²) in [6, 6.07) is 1.68. The smallest absolute Gasteiger partial charge is 0.322 e. The van der Waals surface area contributed by atoms with Crippen LogP contribution < -0.4 is 5.32 Å². The molecule has 1 aliphatic rings. The summed E-state index contributed by atoms with van der Waals surface area (Å²) >= 11 is 0.00234. The molecule has 1 atom stereocenters. The molecule has 2 aromatic rings. The van der Waals surface area contributed by atoms with Crippen LogP contribution in [0, 0.1) is 5.92 Å². The monoisotopic (exact) mass is 382 g/mol. The number of hydrogen-bond donors (Lipinski definition) is 1. The first-order valence-corrected chi connectivity index (χ1v) is 10.0. The van der Waals surface area contributed by atoms with Crippen LogP contribution in [0.1, 0.15) is 26.7 Å². The molecule has 10 heteroatoms. The molecule has 136 valence electrons. The number of amides is 2. The van der Waals surface area contributed by atoms with E-state index in [1.807, 2.05) is 27.0 Å². The van der Waals surface area contributed by atoms with Crippen LogP contribution >= 0.6 is 11.5 Å². The zero-order valence-electron chi connectivity index (χ0n) is 14.5. The highest BCUT2D eigenvalue weighted by Gasteiger charge is 2.44. The van der Waals surface area contributed by atoms with Gasteiger partial charge < -0.3 is 9.45 Å². The van der Waals surface area contributed by atoms with Gasteiger partial charge in [0.2, 0.25) is 5.03 Å². The second kappa shape index (κ2) is 7.30. The minimum absolute atomic E-state index is 0.130. The van der Waals surface area contributed by atoms with E-state index < -0.39 is 11.2 Å². The van der Waals surface area contributed by atoms with Crippen molar-refractivity contribution in [2.75, 3.05) is 18.4 Å². The summed E-state index contributed by atoms with van der Waals surface area (Å²) in [5.41, 5.74) is 0. The largest absolute Gasteiger partial charge is 0.610 e. The topological polar surface area (TPSA) is 99.0 Å². The van der Waals surface area contributed by atoms with Crippen LogP contribution in [0.2, 0.25) is 0 Å². The van der Waals surface area contributed by atoms with Crippen LogP contribution in [0.4, 0.5) is 9.80 Å². The van der Waals surface area contributed by atoms with Gasteiger partial charge in [-0.1, -0.05) is 4.49 Å². The number of anilines is 1. The van der Waals surface area contributed by atoms with Crippen LogP contribution in [0.15, 0.2) is 23.5 Å². The van der Waals surface area contributed by atoms with E-state index in [4.69, 9.17) is 0 Å². The number of aryl methyl sites for hydroxylation is 1. The predicted molar refractivity (Wildman–Crippen MR) is 96.9 cm³/mol. The van der Waals surface area contributed by atoms with E-state index >= 15 is 0 Å². The minimum atomic E-state index is -1.15. The molecule has 1 N–H and O–H groups in total. The molecule has 1 unspecified atom stereocenters. The Morgan fingerprint density at radius 3 is 2.72 bits per heavy atom. The van der Waals surface area contributed by atoms with Crippen molar-refractivity contribution >= 4 is 33.7 Å². The van der Waals surface area contributed by atoms with E-state index in [1.165, 1.54) is 6.20 Å². The van der Waals surface area contributed by atoms with Gasteiger partial charge in [0.1, 0.15) is 9.75 Å². The molecule has 1 aliphatic heterocycles. The molecule has 1 saturated heterocycles. The number of urea groups is 1. The molecule has 0 bridgehead atoms. The first kappa shape index (κ1) is 18.2. The van der Waals surface area contributed by atoms with Crippen molar-refractivity contribution in [3.8, 4) is 0 Å². The number of aromatic nitrogens is 4. The maximum absolute atomic E-state index is 13.0. The Hall–Kier alpha value is -1.65. The fourth-order valence-electron chi connectivity index (χ4n) is 3.15. The highest BCUT2D eigenvalue weighted by molar-refractivity contribution is 7.92. The Kier molecular flexibility index (Phi) is 5.30. The van der Waals surface area contributed by atoms with Crippen molar-refractivity contribution in [3.63, 3.8) is 0 Å². The number of carbonyl (C=O) groups excluding carboxylic acids is 1. The number of rotatable bonds is 4. The summed E-state index contributed by atoms with van der Waals surface area (Å²) < 4.78 is 18.0. The lowest BCUT2D eigenvalue weighted by atomic mass is 9.86. The number of likely N-dealkylation sites (tertiary alicyclic amines) is 1. The van der Waals surface area contributed by atoms with E-state index in [0.29, 0.717) is 18.1 Å². The molecule has 0 aromatic carbocycles. The van der Waals surface area contributed by atoms with Crippen LogP contribution in [0.25, 0.3) is 0 Å². The molecule has 0 radical (unpaired) electrons. The van der Waals surface area contributed by atoms with Gasteiger partial charge in [0.05, 0.1) is 12.4 Å². The van der Waals surface area contributed by atoms with E-state index in [-0.39, 0.29) is 16.7 Å². The number of piperidine rings is 1.